The van der Waals surface area contributed by atoms with Crippen LogP contribution in [0.5, 0.6) is 0 Å². The Morgan fingerprint density at radius 1 is 1.07 bits per heavy atom. The Morgan fingerprint density at radius 2 is 1.79 bits per heavy atom. The number of hydrogen-bond donors (Lipinski definition) is 2. The van der Waals surface area contributed by atoms with Crippen LogP contribution in [0.25, 0.3) is 0 Å². The number of likely N-dealkylation sites (N-methyl/N-ethyl adjacent to an activating group) is 1. The van der Waals surface area contributed by atoms with Crippen LogP contribution in [0.2, 0.25) is 0 Å². The summed E-state index contributed by atoms with van der Waals surface area (Å²) in [4.78, 5) is 9.30. The molecule has 2 N–H and O–H groups in total. The number of guanidine groups is 1. The molecule has 1 aromatic rings. The number of rotatable bonds is 11. The van der Waals surface area contributed by atoms with E-state index in [0.29, 0.717) is 0 Å². The topological polar surface area (TPSA) is 52.1 Å². The second kappa shape index (κ2) is 14.4. The van der Waals surface area contributed by atoms with E-state index in [4.69, 9.17) is 4.74 Å². The summed E-state index contributed by atoms with van der Waals surface area (Å²) in [6.45, 7) is 8.02. The lowest BCUT2D eigenvalue weighted by atomic mass is 10.1. The van der Waals surface area contributed by atoms with Gasteiger partial charge in [-0.15, -0.1) is 0 Å². The molecule has 0 aliphatic carbocycles. The molecule has 1 fully saturated rings. The maximum Gasteiger partial charge on any atom is 0.191 e. The van der Waals surface area contributed by atoms with Gasteiger partial charge in [0.05, 0.1) is 0 Å². The lowest BCUT2D eigenvalue weighted by molar-refractivity contribution is 0.180. The van der Waals surface area contributed by atoms with Crippen LogP contribution >= 0.6 is 0 Å². The fourth-order valence-electron chi connectivity index (χ4n) is 3.77. The highest BCUT2D eigenvalue weighted by Gasteiger charge is 2.12. The van der Waals surface area contributed by atoms with E-state index in [-0.39, 0.29) is 0 Å². The van der Waals surface area contributed by atoms with E-state index in [1.54, 1.807) is 7.11 Å². The Labute approximate surface area is 177 Å². The summed E-state index contributed by atoms with van der Waals surface area (Å²) in [5.74, 6) is 0.861. The number of nitrogens with one attached hydrogen (secondary N) is 2. The maximum absolute atomic E-state index is 5.12. The first-order chi connectivity index (χ1) is 14.2. The zero-order valence-corrected chi connectivity index (χ0v) is 18.8. The van der Waals surface area contributed by atoms with Gasteiger partial charge in [0.2, 0.25) is 0 Å². The summed E-state index contributed by atoms with van der Waals surface area (Å²) in [6, 6.07) is 8.79. The molecule has 0 saturated carbocycles. The van der Waals surface area contributed by atoms with Crippen LogP contribution in [0, 0.1) is 0 Å². The molecule has 0 radical (unpaired) electrons. The monoisotopic (exact) mass is 403 g/mol. The van der Waals surface area contributed by atoms with Gasteiger partial charge >= 0.3 is 0 Å². The Morgan fingerprint density at radius 3 is 2.48 bits per heavy atom. The third-order valence-corrected chi connectivity index (χ3v) is 5.56. The summed E-state index contributed by atoms with van der Waals surface area (Å²) in [7, 11) is 5.73. The second-order valence-electron chi connectivity index (χ2n) is 7.96. The summed E-state index contributed by atoms with van der Waals surface area (Å²) >= 11 is 0. The number of nitrogens with zero attached hydrogens (tertiary/aromatic N) is 3. The molecule has 29 heavy (non-hydrogen) atoms. The molecule has 0 bridgehead atoms. The van der Waals surface area contributed by atoms with E-state index in [1.807, 2.05) is 7.05 Å². The number of benzene rings is 1. The van der Waals surface area contributed by atoms with Crippen LogP contribution in [0.4, 0.5) is 0 Å². The van der Waals surface area contributed by atoms with Gasteiger partial charge in [-0.1, -0.05) is 37.1 Å². The van der Waals surface area contributed by atoms with Crippen molar-refractivity contribution < 1.29 is 4.74 Å². The van der Waals surface area contributed by atoms with Gasteiger partial charge in [0.25, 0.3) is 0 Å². The summed E-state index contributed by atoms with van der Waals surface area (Å²) < 4.78 is 5.12. The zero-order valence-electron chi connectivity index (χ0n) is 18.8. The maximum atomic E-state index is 5.12. The van der Waals surface area contributed by atoms with Gasteiger partial charge in [-0.05, 0) is 50.5 Å². The van der Waals surface area contributed by atoms with E-state index in [9.17, 15) is 0 Å². The molecule has 0 spiro atoms. The van der Waals surface area contributed by atoms with Crippen molar-refractivity contribution >= 4 is 5.96 Å². The molecular weight excluding hydrogens is 362 g/mol. The highest BCUT2D eigenvalue weighted by Crippen LogP contribution is 2.16. The molecule has 2 rings (SSSR count). The minimum Gasteiger partial charge on any atom is -0.385 e. The van der Waals surface area contributed by atoms with Crippen LogP contribution in [0.3, 0.4) is 0 Å². The first-order valence-electron chi connectivity index (χ1n) is 11.1. The molecule has 1 aliphatic heterocycles. The van der Waals surface area contributed by atoms with Crippen molar-refractivity contribution in [2.75, 3.05) is 60.5 Å². The van der Waals surface area contributed by atoms with Crippen molar-refractivity contribution in [3.05, 3.63) is 35.4 Å². The molecule has 0 aromatic heterocycles. The Bertz CT molecular complexity index is 584. The number of hydrogen-bond acceptors (Lipinski definition) is 4. The normalized spacial score (nSPS) is 16.1. The van der Waals surface area contributed by atoms with Gasteiger partial charge in [-0.25, -0.2) is 0 Å². The van der Waals surface area contributed by atoms with Gasteiger partial charge < -0.3 is 20.3 Å². The highest BCUT2D eigenvalue weighted by molar-refractivity contribution is 5.79. The Balaban J connectivity index is 1.77. The molecule has 0 atom stereocenters. The van der Waals surface area contributed by atoms with Crippen LogP contribution < -0.4 is 10.6 Å². The van der Waals surface area contributed by atoms with Crippen molar-refractivity contribution in [2.24, 2.45) is 4.99 Å². The van der Waals surface area contributed by atoms with Crippen molar-refractivity contribution in [1.29, 1.82) is 0 Å². The predicted molar refractivity (Wildman–Crippen MR) is 122 cm³/mol. The van der Waals surface area contributed by atoms with Crippen LogP contribution in [-0.4, -0.2) is 76.3 Å². The van der Waals surface area contributed by atoms with Crippen molar-refractivity contribution in [1.82, 2.24) is 20.4 Å². The molecule has 1 aromatic carbocycles. The third-order valence-electron chi connectivity index (χ3n) is 5.56. The minimum atomic E-state index is 0.799. The molecule has 1 aliphatic rings. The molecular formula is C23H41N5O. The fraction of sp³-hybridized carbons (Fsp3) is 0.696. The number of aliphatic imine (C=N–C) groups is 1. The van der Waals surface area contributed by atoms with Gasteiger partial charge in [0, 0.05) is 53.5 Å². The minimum absolute atomic E-state index is 0.799. The Hall–Kier alpha value is -1.63. The zero-order chi connectivity index (χ0) is 20.7. The SMILES string of the molecule is CN=C(NCCN(C)CCCOC)NCc1ccccc1CN1CCCCCC1. The van der Waals surface area contributed by atoms with Gasteiger partial charge in [-0.2, -0.15) is 0 Å². The average Bonchev–Trinajstić information content (AvgIpc) is 3.00. The number of methoxy groups -OCH3 is 1. The van der Waals surface area contributed by atoms with Crippen molar-refractivity contribution in [3.63, 3.8) is 0 Å². The van der Waals surface area contributed by atoms with Gasteiger partial charge in [0.15, 0.2) is 5.96 Å². The van der Waals surface area contributed by atoms with Crippen molar-refractivity contribution in [2.45, 2.75) is 45.2 Å². The van der Waals surface area contributed by atoms with E-state index >= 15 is 0 Å². The lowest BCUT2D eigenvalue weighted by Crippen LogP contribution is -2.41. The standard InChI is InChI=1S/C23H41N5O/c1-24-23(25-13-17-27(2)14-10-18-29-3)26-19-21-11-6-7-12-22(21)20-28-15-8-4-5-9-16-28/h6-7,11-12H,4-5,8-10,13-20H2,1-3H3,(H2,24,25,26). The lowest BCUT2D eigenvalue weighted by Gasteiger charge is -2.22. The third kappa shape index (κ3) is 9.61. The van der Waals surface area contributed by atoms with Crippen LogP contribution in [-0.2, 0) is 17.8 Å². The second-order valence-corrected chi connectivity index (χ2v) is 7.96. The molecule has 6 heteroatoms. The molecule has 0 amide bonds. The van der Waals surface area contributed by atoms with Gasteiger partial charge in [-0.3, -0.25) is 9.89 Å². The van der Waals surface area contributed by atoms with E-state index in [1.165, 1.54) is 49.9 Å². The predicted octanol–water partition coefficient (Wildman–Crippen LogP) is 2.70. The smallest absolute Gasteiger partial charge is 0.191 e. The van der Waals surface area contributed by atoms with Crippen LogP contribution in [0.1, 0.15) is 43.2 Å². The van der Waals surface area contributed by atoms with E-state index in [2.05, 4.69) is 56.7 Å². The van der Waals surface area contributed by atoms with Crippen molar-refractivity contribution in [3.8, 4) is 0 Å². The summed E-state index contributed by atoms with van der Waals surface area (Å²) in [5.41, 5.74) is 2.78. The van der Waals surface area contributed by atoms with E-state index < -0.39 is 0 Å². The van der Waals surface area contributed by atoms with Gasteiger partial charge in [0.1, 0.15) is 0 Å². The summed E-state index contributed by atoms with van der Waals surface area (Å²) in [6.07, 6.45) is 6.48. The Kier molecular flexibility index (Phi) is 11.7. The quantitative estimate of drug-likeness (QED) is 0.338. The summed E-state index contributed by atoms with van der Waals surface area (Å²) in [5, 5.41) is 6.91. The molecule has 1 heterocycles. The van der Waals surface area contributed by atoms with Crippen LogP contribution in [0.15, 0.2) is 29.3 Å². The molecule has 6 nitrogen and oxygen atoms in total. The largest absolute Gasteiger partial charge is 0.385 e. The average molecular weight is 404 g/mol. The first kappa shape index (κ1) is 23.6. The molecule has 1 saturated heterocycles. The highest BCUT2D eigenvalue weighted by atomic mass is 16.5. The molecule has 0 unspecified atom stereocenters. The number of ether oxygens (including phenoxy) is 1. The molecule has 164 valence electrons. The fourth-order valence-corrected chi connectivity index (χ4v) is 3.77. The van der Waals surface area contributed by atoms with E-state index in [0.717, 1.165) is 51.7 Å². The first-order valence-corrected chi connectivity index (χ1v) is 11.1. The number of likely N-dealkylation sites (tertiary alicyclic amines) is 1.